The molecule has 7 nitrogen and oxygen atoms in total. The number of aryl methyl sites for hydroxylation is 1. The van der Waals surface area contributed by atoms with Crippen molar-refractivity contribution in [3.63, 3.8) is 0 Å². The molecule has 0 bridgehead atoms. The highest BCUT2D eigenvalue weighted by Gasteiger charge is 2.57. The standard InChI is InChI=1S/C26H25N3O4S3/c1-15-7-9-16(10-8-15)29-23(31)20-19(17-6-5-13-34-17)22-25(35-21(20)24(29)32)28(26(33)36-22)14-18(30)27-11-3-2-4-12-27/h5-10,13,19-21H,2-4,11-12,14H2,1H3/t19-,20?,21?/m1/s1. The van der Waals surface area contributed by atoms with E-state index < -0.39 is 11.2 Å². The van der Waals surface area contributed by atoms with E-state index in [0.29, 0.717) is 23.8 Å². The highest BCUT2D eigenvalue weighted by Crippen LogP contribution is 2.54. The summed E-state index contributed by atoms with van der Waals surface area (Å²) < 4.78 is 1.53. The van der Waals surface area contributed by atoms with Gasteiger partial charge in [-0.2, -0.15) is 0 Å². The largest absolute Gasteiger partial charge is 0.341 e. The van der Waals surface area contributed by atoms with Gasteiger partial charge in [-0.05, 0) is 49.8 Å². The number of aromatic nitrogens is 1. The van der Waals surface area contributed by atoms with Crippen LogP contribution in [0.25, 0.3) is 0 Å². The van der Waals surface area contributed by atoms with Gasteiger partial charge in [-0.3, -0.25) is 23.7 Å². The van der Waals surface area contributed by atoms with Crippen molar-refractivity contribution in [3.05, 3.63) is 66.8 Å². The average Bonchev–Trinajstić information content (AvgIpc) is 3.58. The number of hydrogen-bond acceptors (Lipinski definition) is 7. The second kappa shape index (κ2) is 9.32. The first-order valence-electron chi connectivity index (χ1n) is 12.1. The van der Waals surface area contributed by atoms with Gasteiger partial charge in [0.2, 0.25) is 17.7 Å². The molecule has 3 aliphatic rings. The van der Waals surface area contributed by atoms with Crippen LogP contribution in [0.4, 0.5) is 5.69 Å². The minimum atomic E-state index is -0.649. The number of carbonyl (C=O) groups is 3. The number of rotatable bonds is 4. The Bertz CT molecular complexity index is 1390. The van der Waals surface area contributed by atoms with Gasteiger partial charge >= 0.3 is 4.87 Å². The lowest BCUT2D eigenvalue weighted by molar-refractivity contribution is -0.133. The van der Waals surface area contributed by atoms with Crippen LogP contribution in [0.3, 0.4) is 0 Å². The van der Waals surface area contributed by atoms with E-state index in [9.17, 15) is 19.2 Å². The molecule has 5 heterocycles. The number of thiazole rings is 1. The second-order valence-electron chi connectivity index (χ2n) is 9.47. The van der Waals surface area contributed by atoms with E-state index in [1.54, 1.807) is 12.1 Å². The molecule has 3 atom stereocenters. The van der Waals surface area contributed by atoms with Gasteiger partial charge in [-0.15, -0.1) is 11.3 Å². The number of thioether (sulfide) groups is 1. The average molecular weight is 540 g/mol. The van der Waals surface area contributed by atoms with Crippen molar-refractivity contribution in [1.29, 1.82) is 0 Å². The Hall–Kier alpha value is -2.69. The zero-order chi connectivity index (χ0) is 25.0. The van der Waals surface area contributed by atoms with E-state index in [2.05, 4.69) is 0 Å². The van der Waals surface area contributed by atoms with Crippen molar-refractivity contribution in [2.24, 2.45) is 5.92 Å². The van der Waals surface area contributed by atoms with Crippen LogP contribution in [0.2, 0.25) is 0 Å². The molecule has 6 rings (SSSR count). The van der Waals surface area contributed by atoms with Gasteiger partial charge in [0.1, 0.15) is 11.8 Å². The Morgan fingerprint density at radius 2 is 1.75 bits per heavy atom. The van der Waals surface area contributed by atoms with Crippen molar-refractivity contribution in [2.75, 3.05) is 18.0 Å². The maximum absolute atomic E-state index is 13.8. The fourth-order valence-corrected chi connectivity index (χ4v) is 9.08. The maximum atomic E-state index is 13.8. The molecule has 0 spiro atoms. The molecule has 10 heteroatoms. The van der Waals surface area contributed by atoms with E-state index in [1.807, 2.05) is 41.5 Å². The van der Waals surface area contributed by atoms with Crippen LogP contribution in [0.5, 0.6) is 0 Å². The van der Waals surface area contributed by atoms with Crippen LogP contribution in [0.15, 0.2) is 51.6 Å². The Kier molecular flexibility index (Phi) is 6.13. The number of amides is 3. The van der Waals surface area contributed by atoms with Gasteiger partial charge in [-0.25, -0.2) is 4.90 Å². The topological polar surface area (TPSA) is 79.7 Å². The number of fused-ring (bicyclic) bond motifs is 2. The molecule has 2 saturated heterocycles. The lowest BCUT2D eigenvalue weighted by Gasteiger charge is -2.30. The molecule has 3 aliphatic heterocycles. The first kappa shape index (κ1) is 23.7. The van der Waals surface area contributed by atoms with Crippen LogP contribution in [-0.4, -0.2) is 45.5 Å². The van der Waals surface area contributed by atoms with Gasteiger partial charge < -0.3 is 4.90 Å². The quantitative estimate of drug-likeness (QED) is 0.467. The maximum Gasteiger partial charge on any atom is 0.308 e. The first-order chi connectivity index (χ1) is 17.4. The van der Waals surface area contributed by atoms with Crippen molar-refractivity contribution < 1.29 is 14.4 Å². The summed E-state index contributed by atoms with van der Waals surface area (Å²) in [5, 5.41) is 1.95. The van der Waals surface area contributed by atoms with E-state index in [1.165, 1.54) is 32.6 Å². The number of benzene rings is 1. The van der Waals surface area contributed by atoms with Gasteiger partial charge in [0, 0.05) is 28.8 Å². The molecule has 0 aliphatic carbocycles. The lowest BCUT2D eigenvalue weighted by Crippen LogP contribution is -2.39. The molecule has 3 amide bonds. The molecule has 2 fully saturated rings. The molecule has 3 aromatic rings. The van der Waals surface area contributed by atoms with Crippen molar-refractivity contribution >= 4 is 57.8 Å². The normalized spacial score (nSPS) is 23.6. The Balaban J connectivity index is 1.41. The predicted molar refractivity (Wildman–Crippen MR) is 142 cm³/mol. The van der Waals surface area contributed by atoms with Crippen molar-refractivity contribution in [3.8, 4) is 0 Å². The summed E-state index contributed by atoms with van der Waals surface area (Å²) in [6.07, 6.45) is 3.08. The van der Waals surface area contributed by atoms with Crippen LogP contribution < -0.4 is 9.77 Å². The minimum absolute atomic E-state index is 0.0317. The minimum Gasteiger partial charge on any atom is -0.341 e. The third-order valence-electron chi connectivity index (χ3n) is 7.19. The van der Waals surface area contributed by atoms with E-state index in [4.69, 9.17) is 0 Å². The summed E-state index contributed by atoms with van der Waals surface area (Å²) in [5.41, 5.74) is 1.61. The number of imide groups is 1. The van der Waals surface area contributed by atoms with Gasteiger partial charge in [0.25, 0.3) is 0 Å². The Labute approximate surface area is 220 Å². The monoisotopic (exact) mass is 539 g/mol. The van der Waals surface area contributed by atoms with Crippen molar-refractivity contribution in [2.45, 2.75) is 48.9 Å². The summed E-state index contributed by atoms with van der Waals surface area (Å²) in [6.45, 7) is 3.36. The number of piperidine rings is 1. The second-order valence-corrected chi connectivity index (χ2v) is 12.6. The third-order valence-corrected chi connectivity index (χ3v) is 10.8. The highest BCUT2D eigenvalue weighted by atomic mass is 32.2. The number of likely N-dealkylation sites (tertiary alicyclic amines) is 1. The summed E-state index contributed by atoms with van der Waals surface area (Å²) in [4.78, 5) is 58.3. The SMILES string of the molecule is Cc1ccc(N2C(=O)C3Sc4c(sc(=O)n4CC(=O)N4CCCCC4)[C@H](c4cccs4)C3C2=O)cc1. The molecule has 36 heavy (non-hydrogen) atoms. The lowest BCUT2D eigenvalue weighted by atomic mass is 9.87. The summed E-state index contributed by atoms with van der Waals surface area (Å²) >= 11 is 3.90. The molecule has 0 saturated carbocycles. The number of anilines is 1. The predicted octanol–water partition coefficient (Wildman–Crippen LogP) is 4.09. The highest BCUT2D eigenvalue weighted by molar-refractivity contribution is 8.00. The summed E-state index contributed by atoms with van der Waals surface area (Å²) in [6, 6.07) is 11.3. The molecular weight excluding hydrogens is 515 g/mol. The van der Waals surface area contributed by atoms with Crippen LogP contribution >= 0.6 is 34.4 Å². The number of hydrogen-bond donors (Lipinski definition) is 0. The molecule has 0 radical (unpaired) electrons. The molecule has 0 N–H and O–H groups in total. The Morgan fingerprint density at radius 1 is 1.00 bits per heavy atom. The van der Waals surface area contributed by atoms with E-state index in [0.717, 1.165) is 45.9 Å². The molecule has 1 aromatic carbocycles. The van der Waals surface area contributed by atoms with Crippen LogP contribution in [0, 0.1) is 12.8 Å². The third kappa shape index (κ3) is 3.86. The van der Waals surface area contributed by atoms with Gasteiger partial charge in [0.15, 0.2) is 0 Å². The zero-order valence-electron chi connectivity index (χ0n) is 19.7. The summed E-state index contributed by atoms with van der Waals surface area (Å²) in [7, 11) is 0. The molecule has 2 aromatic heterocycles. The van der Waals surface area contributed by atoms with Crippen LogP contribution in [0.1, 0.15) is 40.5 Å². The number of thiophene rings is 1. The number of carbonyl (C=O) groups excluding carboxylic acids is 3. The fourth-order valence-electron chi connectivity index (χ4n) is 5.36. The molecular formula is C26H25N3O4S3. The van der Waals surface area contributed by atoms with E-state index >= 15 is 0 Å². The first-order valence-corrected chi connectivity index (χ1v) is 14.7. The summed E-state index contributed by atoms with van der Waals surface area (Å²) in [5.74, 6) is -1.55. The van der Waals surface area contributed by atoms with Gasteiger partial charge in [0.05, 0.1) is 16.6 Å². The Morgan fingerprint density at radius 3 is 2.44 bits per heavy atom. The number of nitrogens with zero attached hydrogens (tertiary/aromatic N) is 3. The zero-order valence-corrected chi connectivity index (χ0v) is 22.2. The van der Waals surface area contributed by atoms with E-state index in [-0.39, 0.29) is 35.1 Å². The van der Waals surface area contributed by atoms with Gasteiger partial charge in [-0.1, -0.05) is 46.9 Å². The van der Waals surface area contributed by atoms with Crippen LogP contribution in [-0.2, 0) is 20.9 Å². The smallest absolute Gasteiger partial charge is 0.308 e. The fraction of sp³-hybridized carbons (Fsp3) is 0.385. The molecule has 186 valence electrons. The molecule has 2 unspecified atom stereocenters. The van der Waals surface area contributed by atoms with Crippen molar-refractivity contribution in [1.82, 2.24) is 9.47 Å².